The molecule has 0 N–H and O–H groups in total. The molecule has 66 valence electrons. The van der Waals surface area contributed by atoms with E-state index in [0.29, 0.717) is 0 Å². The van der Waals surface area contributed by atoms with Crippen LogP contribution in [-0.4, -0.2) is 14.8 Å². The zero-order chi connectivity index (χ0) is 9.10. The number of pyridine rings is 1. The van der Waals surface area contributed by atoms with Crippen molar-refractivity contribution in [2.75, 3.05) is 0 Å². The van der Waals surface area contributed by atoms with E-state index in [1.165, 1.54) is 5.56 Å². The second-order valence-corrected chi connectivity index (χ2v) is 3.63. The van der Waals surface area contributed by atoms with Gasteiger partial charge in [-0.1, -0.05) is 0 Å². The molecule has 0 radical (unpaired) electrons. The van der Waals surface area contributed by atoms with Gasteiger partial charge in [-0.15, -0.1) is 0 Å². The summed E-state index contributed by atoms with van der Waals surface area (Å²) < 4.78 is 2.88. The van der Waals surface area contributed by atoms with Crippen LogP contribution in [0.25, 0.3) is 0 Å². The van der Waals surface area contributed by atoms with E-state index in [1.807, 2.05) is 23.0 Å². The van der Waals surface area contributed by atoms with Crippen LogP contribution in [0.5, 0.6) is 0 Å². The van der Waals surface area contributed by atoms with Gasteiger partial charge in [0.15, 0.2) is 0 Å². The lowest BCUT2D eigenvalue weighted by molar-refractivity contribution is 0.686. The summed E-state index contributed by atoms with van der Waals surface area (Å²) in [4.78, 5) is 3.95. The maximum absolute atomic E-state index is 4.16. The number of hydrogen-bond donors (Lipinski definition) is 0. The third-order valence-corrected chi connectivity index (χ3v) is 2.11. The normalized spacial score (nSPS) is 10.2. The fourth-order valence-electron chi connectivity index (χ4n) is 1.10. The van der Waals surface area contributed by atoms with Gasteiger partial charge in [-0.2, -0.15) is 5.10 Å². The van der Waals surface area contributed by atoms with Crippen molar-refractivity contribution in [3.8, 4) is 0 Å². The highest BCUT2D eigenvalue weighted by Gasteiger charge is 1.95. The minimum absolute atomic E-state index is 0.786. The van der Waals surface area contributed by atoms with Crippen molar-refractivity contribution < 1.29 is 0 Å². The predicted molar refractivity (Wildman–Crippen MR) is 53.3 cm³/mol. The molecule has 0 saturated carbocycles. The van der Waals surface area contributed by atoms with Gasteiger partial charge in [0, 0.05) is 18.6 Å². The van der Waals surface area contributed by atoms with Crippen molar-refractivity contribution in [2.45, 2.75) is 6.54 Å². The van der Waals surface area contributed by atoms with E-state index in [4.69, 9.17) is 0 Å². The van der Waals surface area contributed by atoms with Crippen LogP contribution < -0.4 is 0 Å². The van der Waals surface area contributed by atoms with Gasteiger partial charge in [0.25, 0.3) is 0 Å². The van der Waals surface area contributed by atoms with Crippen molar-refractivity contribution in [3.05, 3.63) is 47.0 Å². The summed E-state index contributed by atoms with van der Waals surface area (Å²) in [6, 6.07) is 3.96. The molecular formula is C9H8BrN3. The van der Waals surface area contributed by atoms with E-state index < -0.39 is 0 Å². The first kappa shape index (κ1) is 8.44. The lowest BCUT2D eigenvalue weighted by atomic mass is 10.3. The summed E-state index contributed by atoms with van der Waals surface area (Å²) in [5.41, 5.74) is 1.20. The van der Waals surface area contributed by atoms with Crippen LogP contribution in [0.3, 0.4) is 0 Å². The molecule has 0 atom stereocenters. The van der Waals surface area contributed by atoms with Gasteiger partial charge in [-0.3, -0.25) is 9.67 Å². The molecule has 2 heterocycles. The molecule has 0 aliphatic rings. The molecule has 0 bridgehead atoms. The van der Waals surface area contributed by atoms with E-state index in [1.54, 1.807) is 18.6 Å². The highest BCUT2D eigenvalue weighted by molar-refractivity contribution is 9.10. The highest BCUT2D eigenvalue weighted by Crippen LogP contribution is 2.07. The van der Waals surface area contributed by atoms with E-state index in [9.17, 15) is 0 Å². The van der Waals surface area contributed by atoms with Crippen molar-refractivity contribution in [1.29, 1.82) is 0 Å². The minimum Gasteiger partial charge on any atom is -0.267 e. The Morgan fingerprint density at radius 2 is 2.08 bits per heavy atom. The Morgan fingerprint density at radius 1 is 1.31 bits per heavy atom. The number of nitrogens with zero attached hydrogens (tertiary/aromatic N) is 3. The average molecular weight is 238 g/mol. The van der Waals surface area contributed by atoms with Crippen LogP contribution in [0.2, 0.25) is 0 Å². The van der Waals surface area contributed by atoms with Crippen LogP contribution in [0, 0.1) is 0 Å². The molecule has 13 heavy (non-hydrogen) atoms. The smallest absolute Gasteiger partial charge is 0.0660 e. The maximum atomic E-state index is 4.16. The van der Waals surface area contributed by atoms with E-state index >= 15 is 0 Å². The number of halogens is 1. The second kappa shape index (κ2) is 3.70. The van der Waals surface area contributed by atoms with E-state index in [-0.39, 0.29) is 0 Å². The van der Waals surface area contributed by atoms with Gasteiger partial charge in [0.1, 0.15) is 0 Å². The number of rotatable bonds is 2. The molecule has 3 nitrogen and oxygen atoms in total. The first-order valence-corrected chi connectivity index (χ1v) is 4.71. The SMILES string of the molecule is Brc1cnn(Cc2ccncc2)c1. The Balaban J connectivity index is 2.15. The maximum Gasteiger partial charge on any atom is 0.0660 e. The standard InChI is InChI=1S/C9H8BrN3/c10-9-5-12-13(7-9)6-8-1-3-11-4-2-8/h1-5,7H,6H2. The Bertz CT molecular complexity index is 383. The van der Waals surface area contributed by atoms with Crippen LogP contribution in [0.15, 0.2) is 41.4 Å². The molecule has 2 aromatic rings. The van der Waals surface area contributed by atoms with Crippen LogP contribution in [0.4, 0.5) is 0 Å². The van der Waals surface area contributed by atoms with Gasteiger partial charge >= 0.3 is 0 Å². The van der Waals surface area contributed by atoms with Gasteiger partial charge < -0.3 is 0 Å². The zero-order valence-electron chi connectivity index (χ0n) is 6.89. The van der Waals surface area contributed by atoms with Gasteiger partial charge in [-0.05, 0) is 33.6 Å². The first-order chi connectivity index (χ1) is 6.34. The quantitative estimate of drug-likeness (QED) is 0.801. The highest BCUT2D eigenvalue weighted by atomic mass is 79.9. The first-order valence-electron chi connectivity index (χ1n) is 3.91. The average Bonchev–Trinajstić information content (AvgIpc) is 2.53. The summed E-state index contributed by atoms with van der Waals surface area (Å²) in [5.74, 6) is 0. The zero-order valence-corrected chi connectivity index (χ0v) is 8.48. The van der Waals surface area contributed by atoms with Crippen molar-refractivity contribution in [2.24, 2.45) is 0 Å². The summed E-state index contributed by atoms with van der Waals surface area (Å²) in [6.45, 7) is 0.786. The molecule has 0 aromatic carbocycles. The van der Waals surface area contributed by atoms with Crippen LogP contribution in [0.1, 0.15) is 5.56 Å². The monoisotopic (exact) mass is 237 g/mol. The predicted octanol–water partition coefficient (Wildman–Crippen LogP) is 2.09. The second-order valence-electron chi connectivity index (χ2n) is 2.71. The number of hydrogen-bond acceptors (Lipinski definition) is 2. The Labute approximate surface area is 84.5 Å². The molecule has 2 aromatic heterocycles. The molecule has 0 fully saturated rings. The lowest BCUT2D eigenvalue weighted by Crippen LogP contribution is -1.99. The molecule has 0 saturated heterocycles. The molecule has 4 heteroatoms. The summed E-state index contributed by atoms with van der Waals surface area (Å²) in [6.07, 6.45) is 7.30. The summed E-state index contributed by atoms with van der Waals surface area (Å²) >= 11 is 3.35. The lowest BCUT2D eigenvalue weighted by Gasteiger charge is -1.99. The largest absolute Gasteiger partial charge is 0.267 e. The minimum atomic E-state index is 0.786. The molecular weight excluding hydrogens is 230 g/mol. The molecule has 0 amide bonds. The van der Waals surface area contributed by atoms with Crippen molar-refractivity contribution >= 4 is 15.9 Å². The van der Waals surface area contributed by atoms with E-state index in [2.05, 4.69) is 26.0 Å². The fraction of sp³-hybridized carbons (Fsp3) is 0.111. The molecule has 2 rings (SSSR count). The summed E-state index contributed by atoms with van der Waals surface area (Å²) in [7, 11) is 0. The van der Waals surface area contributed by atoms with Crippen LogP contribution >= 0.6 is 15.9 Å². The topological polar surface area (TPSA) is 30.7 Å². The fourth-order valence-corrected chi connectivity index (χ4v) is 1.43. The van der Waals surface area contributed by atoms with Gasteiger partial charge in [0.2, 0.25) is 0 Å². The summed E-state index contributed by atoms with van der Waals surface area (Å²) in [5, 5.41) is 4.16. The Hall–Kier alpha value is -1.16. The van der Waals surface area contributed by atoms with Crippen molar-refractivity contribution in [3.63, 3.8) is 0 Å². The Kier molecular flexibility index (Phi) is 2.40. The van der Waals surface area contributed by atoms with Gasteiger partial charge in [0.05, 0.1) is 17.2 Å². The molecule has 0 unspecified atom stereocenters. The third kappa shape index (κ3) is 2.15. The third-order valence-electron chi connectivity index (χ3n) is 1.70. The molecule has 0 spiro atoms. The molecule has 0 aliphatic carbocycles. The van der Waals surface area contributed by atoms with E-state index in [0.717, 1.165) is 11.0 Å². The Morgan fingerprint density at radius 3 is 2.69 bits per heavy atom. The van der Waals surface area contributed by atoms with Gasteiger partial charge in [-0.25, -0.2) is 0 Å². The van der Waals surface area contributed by atoms with Crippen molar-refractivity contribution in [1.82, 2.24) is 14.8 Å². The number of aromatic nitrogens is 3. The van der Waals surface area contributed by atoms with Crippen LogP contribution in [-0.2, 0) is 6.54 Å². The molecule has 0 aliphatic heterocycles.